The molecule has 2 N–H and O–H groups in total. The molecule has 0 radical (unpaired) electrons. The molecule has 1 heterocycles. The lowest BCUT2D eigenvalue weighted by Gasteiger charge is -2.05. The van der Waals surface area contributed by atoms with Gasteiger partial charge in [0.05, 0.1) is 5.75 Å². The molecule has 0 saturated heterocycles. The Morgan fingerprint density at radius 3 is 3.00 bits per heavy atom. The van der Waals surface area contributed by atoms with Crippen LogP contribution in [0, 0.1) is 6.92 Å². The average molecular weight is 263 g/mol. The number of aromatic nitrogens is 2. The number of hydrogen-bond donors (Lipinski definition) is 1. The zero-order chi connectivity index (χ0) is 13.0. The van der Waals surface area contributed by atoms with Crippen molar-refractivity contribution in [2.45, 2.75) is 37.3 Å². The van der Waals surface area contributed by atoms with Crippen LogP contribution in [0.3, 0.4) is 0 Å². The Bertz CT molecular complexity index is 525. The fourth-order valence-electron chi connectivity index (χ4n) is 1.59. The topological polar surface area (TPSA) is 64.9 Å². The van der Waals surface area contributed by atoms with Crippen LogP contribution in [-0.2, 0) is 12.2 Å². The van der Waals surface area contributed by atoms with Gasteiger partial charge in [-0.3, -0.25) is 0 Å². The second-order valence-electron chi connectivity index (χ2n) is 4.13. The number of aryl methyl sites for hydroxylation is 2. The molecule has 0 amide bonds. The molecule has 0 saturated carbocycles. The monoisotopic (exact) mass is 263 g/mol. The normalized spacial score (nSPS) is 10.8. The molecule has 0 fully saturated rings. The van der Waals surface area contributed by atoms with Gasteiger partial charge in [0.1, 0.15) is 0 Å². The van der Waals surface area contributed by atoms with E-state index in [4.69, 9.17) is 10.3 Å². The minimum absolute atomic E-state index is 0.681. The maximum Gasteiger partial charge on any atom is 0.226 e. The summed E-state index contributed by atoms with van der Waals surface area (Å²) in [7, 11) is 0. The molecule has 0 unspecified atom stereocenters. The molecule has 1 aromatic heterocycles. The number of nitrogen functional groups attached to an aromatic ring is 1. The first-order chi connectivity index (χ1) is 8.70. The Hall–Kier alpha value is -1.49. The average Bonchev–Trinajstić information content (AvgIpc) is 2.79. The number of nitrogens with zero attached hydrogens (tertiary/aromatic N) is 2. The number of benzene rings is 1. The van der Waals surface area contributed by atoms with E-state index in [0.29, 0.717) is 11.6 Å². The maximum atomic E-state index is 6.01. The molecule has 0 bridgehead atoms. The van der Waals surface area contributed by atoms with Crippen molar-refractivity contribution in [1.82, 2.24) is 10.1 Å². The molecule has 5 heteroatoms. The van der Waals surface area contributed by atoms with Gasteiger partial charge < -0.3 is 10.3 Å². The number of anilines is 1. The molecule has 4 nitrogen and oxygen atoms in total. The van der Waals surface area contributed by atoms with Crippen molar-refractivity contribution in [3.8, 4) is 0 Å². The van der Waals surface area contributed by atoms with Crippen molar-refractivity contribution >= 4 is 17.4 Å². The predicted molar refractivity (Wildman–Crippen MR) is 73.4 cm³/mol. The molecule has 0 aliphatic rings. The molecule has 0 atom stereocenters. The Morgan fingerprint density at radius 2 is 2.22 bits per heavy atom. The summed E-state index contributed by atoms with van der Waals surface area (Å²) in [6.07, 6.45) is 1.85. The third-order valence-electron chi connectivity index (χ3n) is 2.61. The van der Waals surface area contributed by atoms with Gasteiger partial charge in [-0.15, -0.1) is 11.8 Å². The molecule has 96 valence electrons. The highest BCUT2D eigenvalue weighted by Gasteiger charge is 2.08. The van der Waals surface area contributed by atoms with E-state index in [9.17, 15) is 0 Å². The molecule has 0 aliphatic heterocycles. The molecule has 2 rings (SSSR count). The maximum absolute atomic E-state index is 6.01. The smallest absolute Gasteiger partial charge is 0.226 e. The van der Waals surface area contributed by atoms with E-state index in [0.717, 1.165) is 34.8 Å². The van der Waals surface area contributed by atoms with Gasteiger partial charge in [-0.1, -0.05) is 24.2 Å². The third kappa shape index (κ3) is 3.04. The summed E-state index contributed by atoms with van der Waals surface area (Å²) in [4.78, 5) is 5.39. The zero-order valence-electron chi connectivity index (χ0n) is 10.6. The second-order valence-corrected chi connectivity index (χ2v) is 5.15. The third-order valence-corrected chi connectivity index (χ3v) is 3.68. The van der Waals surface area contributed by atoms with E-state index in [2.05, 4.69) is 17.1 Å². The molecular weight excluding hydrogens is 246 g/mol. The Labute approximate surface area is 111 Å². The van der Waals surface area contributed by atoms with Gasteiger partial charge in [-0.25, -0.2) is 0 Å². The van der Waals surface area contributed by atoms with Gasteiger partial charge in [0.25, 0.3) is 0 Å². The summed E-state index contributed by atoms with van der Waals surface area (Å²) in [5.74, 6) is 2.12. The standard InChI is InChI=1S/C13H17N3OS/c1-3-5-12-15-11(16-17-12)8-18-10-7-4-6-9(2)13(10)14/h4,6-7H,3,5,8,14H2,1-2H3. The summed E-state index contributed by atoms with van der Waals surface area (Å²) in [6, 6.07) is 6.03. The first-order valence-corrected chi connectivity index (χ1v) is 6.98. The second kappa shape index (κ2) is 5.91. The van der Waals surface area contributed by atoms with Crippen molar-refractivity contribution in [3.63, 3.8) is 0 Å². The van der Waals surface area contributed by atoms with E-state index in [-0.39, 0.29) is 0 Å². The molecule has 1 aromatic carbocycles. The number of para-hydroxylation sites is 1. The van der Waals surface area contributed by atoms with E-state index >= 15 is 0 Å². The molecule has 0 aliphatic carbocycles. The number of thioether (sulfide) groups is 1. The Morgan fingerprint density at radius 1 is 1.39 bits per heavy atom. The summed E-state index contributed by atoms with van der Waals surface area (Å²) in [6.45, 7) is 4.10. The largest absolute Gasteiger partial charge is 0.398 e. The fourth-order valence-corrected chi connectivity index (χ4v) is 2.48. The van der Waals surface area contributed by atoms with Crippen LogP contribution in [0.5, 0.6) is 0 Å². The summed E-state index contributed by atoms with van der Waals surface area (Å²) in [5.41, 5.74) is 7.94. The van der Waals surface area contributed by atoms with Gasteiger partial charge in [0.2, 0.25) is 5.89 Å². The lowest BCUT2D eigenvalue weighted by Crippen LogP contribution is -1.93. The lowest BCUT2D eigenvalue weighted by atomic mass is 10.2. The van der Waals surface area contributed by atoms with Crippen molar-refractivity contribution in [3.05, 3.63) is 35.5 Å². The SMILES string of the molecule is CCCc1nc(CSc2cccc(C)c2N)no1. The van der Waals surface area contributed by atoms with Crippen molar-refractivity contribution < 1.29 is 4.52 Å². The van der Waals surface area contributed by atoms with Crippen LogP contribution < -0.4 is 5.73 Å². The van der Waals surface area contributed by atoms with Gasteiger partial charge in [0.15, 0.2) is 5.82 Å². The summed E-state index contributed by atoms with van der Waals surface area (Å²) >= 11 is 1.64. The first-order valence-electron chi connectivity index (χ1n) is 6.00. The zero-order valence-corrected chi connectivity index (χ0v) is 11.5. The van der Waals surface area contributed by atoms with E-state index in [1.807, 2.05) is 25.1 Å². The van der Waals surface area contributed by atoms with Crippen molar-refractivity contribution in [2.24, 2.45) is 0 Å². The van der Waals surface area contributed by atoms with Gasteiger partial charge >= 0.3 is 0 Å². The minimum atomic E-state index is 0.681. The highest BCUT2D eigenvalue weighted by molar-refractivity contribution is 7.98. The van der Waals surface area contributed by atoms with Crippen LogP contribution in [0.4, 0.5) is 5.69 Å². The first kappa shape index (κ1) is 13.0. The van der Waals surface area contributed by atoms with Crippen LogP contribution in [-0.4, -0.2) is 10.1 Å². The summed E-state index contributed by atoms with van der Waals surface area (Å²) in [5, 5.41) is 3.95. The van der Waals surface area contributed by atoms with E-state index in [1.165, 1.54) is 0 Å². The van der Waals surface area contributed by atoms with Gasteiger partial charge in [-0.2, -0.15) is 4.98 Å². The highest BCUT2D eigenvalue weighted by atomic mass is 32.2. The lowest BCUT2D eigenvalue weighted by molar-refractivity contribution is 0.373. The van der Waals surface area contributed by atoms with E-state index < -0.39 is 0 Å². The van der Waals surface area contributed by atoms with Crippen molar-refractivity contribution in [2.75, 3.05) is 5.73 Å². The van der Waals surface area contributed by atoms with Crippen LogP contribution in [0.1, 0.15) is 30.6 Å². The van der Waals surface area contributed by atoms with Crippen LogP contribution in [0.15, 0.2) is 27.6 Å². The Kier molecular flexibility index (Phi) is 4.25. The van der Waals surface area contributed by atoms with Crippen molar-refractivity contribution in [1.29, 1.82) is 0 Å². The fraction of sp³-hybridized carbons (Fsp3) is 0.385. The van der Waals surface area contributed by atoms with Crippen LogP contribution >= 0.6 is 11.8 Å². The van der Waals surface area contributed by atoms with Crippen LogP contribution in [0.2, 0.25) is 0 Å². The Balaban J connectivity index is 2.00. The number of hydrogen-bond acceptors (Lipinski definition) is 5. The highest BCUT2D eigenvalue weighted by Crippen LogP contribution is 2.29. The molecular formula is C13H17N3OS. The quantitative estimate of drug-likeness (QED) is 0.663. The van der Waals surface area contributed by atoms with E-state index in [1.54, 1.807) is 11.8 Å². The number of rotatable bonds is 5. The van der Waals surface area contributed by atoms with Crippen LogP contribution in [0.25, 0.3) is 0 Å². The van der Waals surface area contributed by atoms with Gasteiger partial charge in [-0.05, 0) is 25.0 Å². The number of nitrogens with two attached hydrogens (primary N) is 1. The molecule has 18 heavy (non-hydrogen) atoms. The van der Waals surface area contributed by atoms with Gasteiger partial charge in [0, 0.05) is 17.0 Å². The summed E-state index contributed by atoms with van der Waals surface area (Å²) < 4.78 is 5.14. The molecule has 0 spiro atoms. The minimum Gasteiger partial charge on any atom is -0.398 e. The molecule has 2 aromatic rings. The predicted octanol–water partition coefficient (Wildman–Crippen LogP) is 3.21.